The highest BCUT2D eigenvalue weighted by Crippen LogP contribution is 2.34. The van der Waals surface area contributed by atoms with E-state index in [1.54, 1.807) is 12.1 Å². The fraction of sp³-hybridized carbons (Fsp3) is 0.545. The number of hydrogen-bond donors (Lipinski definition) is 1. The number of aryl methyl sites for hydroxylation is 1. The molecule has 0 aliphatic carbocycles. The third-order valence-electron chi connectivity index (χ3n) is 4.99. The molecule has 0 aliphatic rings. The highest BCUT2D eigenvalue weighted by molar-refractivity contribution is 5.86. The summed E-state index contributed by atoms with van der Waals surface area (Å²) in [4.78, 5) is 0. The molecule has 0 radical (unpaired) electrons. The predicted octanol–water partition coefficient (Wildman–Crippen LogP) is 7.09. The lowest BCUT2D eigenvalue weighted by Gasteiger charge is -2.18. The SMILES string of the molecule is CCCCCCCCCCc1ccc2c([C@H](N)C(F)(F)F)cccc2c1. The van der Waals surface area contributed by atoms with Crippen LogP contribution in [0.15, 0.2) is 36.4 Å². The van der Waals surface area contributed by atoms with Crippen molar-refractivity contribution in [3.63, 3.8) is 0 Å². The minimum atomic E-state index is -4.43. The molecule has 1 atom stereocenters. The molecular formula is C22H30F3N. The van der Waals surface area contributed by atoms with Crippen LogP contribution in [-0.2, 0) is 6.42 Å². The summed E-state index contributed by atoms with van der Waals surface area (Å²) >= 11 is 0. The molecule has 2 N–H and O–H groups in total. The number of alkyl halides is 3. The third kappa shape index (κ3) is 6.01. The first-order chi connectivity index (χ1) is 12.4. The number of benzene rings is 2. The van der Waals surface area contributed by atoms with Gasteiger partial charge in [-0.3, -0.25) is 0 Å². The molecule has 0 amide bonds. The molecular weight excluding hydrogens is 335 g/mol. The van der Waals surface area contributed by atoms with Gasteiger partial charge >= 0.3 is 6.18 Å². The standard InChI is InChI=1S/C22H30F3N/c1-2-3-4-5-6-7-8-9-11-17-14-15-19-18(16-17)12-10-13-20(19)21(26)22(23,24)25/h10,12-16,21H,2-9,11,26H2,1H3/t21-/m0/s1. The average molecular weight is 365 g/mol. The van der Waals surface area contributed by atoms with Crippen molar-refractivity contribution in [3.05, 3.63) is 47.5 Å². The van der Waals surface area contributed by atoms with E-state index in [0.717, 1.165) is 18.2 Å². The smallest absolute Gasteiger partial charge is 0.316 e. The normalized spacial score (nSPS) is 13.3. The van der Waals surface area contributed by atoms with Gasteiger partial charge in [-0.2, -0.15) is 13.2 Å². The minimum Gasteiger partial charge on any atom is -0.316 e. The number of rotatable bonds is 10. The quantitative estimate of drug-likeness (QED) is 0.447. The lowest BCUT2D eigenvalue weighted by atomic mass is 9.96. The zero-order valence-corrected chi connectivity index (χ0v) is 15.6. The molecule has 0 unspecified atom stereocenters. The van der Waals surface area contributed by atoms with E-state index < -0.39 is 12.2 Å². The summed E-state index contributed by atoms with van der Waals surface area (Å²) in [5.41, 5.74) is 6.74. The van der Waals surface area contributed by atoms with Gasteiger partial charge in [0, 0.05) is 0 Å². The average Bonchev–Trinajstić information content (AvgIpc) is 2.62. The first kappa shape index (κ1) is 20.8. The van der Waals surface area contributed by atoms with Gasteiger partial charge in [-0.05, 0) is 34.7 Å². The maximum Gasteiger partial charge on any atom is 0.407 e. The molecule has 0 aliphatic heterocycles. The summed E-state index contributed by atoms with van der Waals surface area (Å²) in [7, 11) is 0. The zero-order valence-electron chi connectivity index (χ0n) is 15.6. The molecule has 0 saturated carbocycles. The van der Waals surface area contributed by atoms with Gasteiger partial charge < -0.3 is 5.73 Å². The van der Waals surface area contributed by atoms with Gasteiger partial charge in [-0.1, -0.05) is 88.3 Å². The molecule has 26 heavy (non-hydrogen) atoms. The van der Waals surface area contributed by atoms with Gasteiger partial charge in [-0.25, -0.2) is 0 Å². The highest BCUT2D eigenvalue weighted by Gasteiger charge is 2.38. The van der Waals surface area contributed by atoms with Crippen LogP contribution in [0.2, 0.25) is 0 Å². The van der Waals surface area contributed by atoms with Crippen LogP contribution in [0.25, 0.3) is 10.8 Å². The highest BCUT2D eigenvalue weighted by atomic mass is 19.4. The lowest BCUT2D eigenvalue weighted by Crippen LogP contribution is -2.28. The number of nitrogens with two attached hydrogens (primary N) is 1. The van der Waals surface area contributed by atoms with Gasteiger partial charge in [0.1, 0.15) is 6.04 Å². The van der Waals surface area contributed by atoms with Crippen LogP contribution in [0.5, 0.6) is 0 Å². The Kier molecular flexibility index (Phi) is 7.95. The fourth-order valence-corrected chi connectivity index (χ4v) is 3.42. The van der Waals surface area contributed by atoms with Crippen LogP contribution in [0.4, 0.5) is 13.2 Å². The van der Waals surface area contributed by atoms with E-state index in [9.17, 15) is 13.2 Å². The summed E-state index contributed by atoms with van der Waals surface area (Å²) in [5.74, 6) is 0. The van der Waals surface area contributed by atoms with E-state index >= 15 is 0 Å². The molecule has 0 aromatic heterocycles. The summed E-state index contributed by atoms with van der Waals surface area (Å²) in [6, 6.07) is 8.78. The zero-order chi connectivity index (χ0) is 19.0. The summed E-state index contributed by atoms with van der Waals surface area (Å²) in [6.07, 6.45) is 6.72. The van der Waals surface area contributed by atoms with Crippen molar-refractivity contribution in [1.29, 1.82) is 0 Å². The molecule has 0 bridgehead atoms. The Labute approximate surface area is 154 Å². The topological polar surface area (TPSA) is 26.0 Å². The Balaban J connectivity index is 1.91. The first-order valence-electron chi connectivity index (χ1n) is 9.77. The molecule has 4 heteroatoms. The second-order valence-corrected chi connectivity index (χ2v) is 7.15. The maximum atomic E-state index is 13.0. The van der Waals surface area contributed by atoms with Crippen LogP contribution in [0.3, 0.4) is 0 Å². The summed E-state index contributed by atoms with van der Waals surface area (Å²) < 4.78 is 38.9. The van der Waals surface area contributed by atoms with Gasteiger partial charge in [0.05, 0.1) is 0 Å². The predicted molar refractivity (Wildman–Crippen MR) is 103 cm³/mol. The van der Waals surface area contributed by atoms with Gasteiger partial charge in [-0.15, -0.1) is 0 Å². The van der Waals surface area contributed by atoms with Crippen LogP contribution in [-0.4, -0.2) is 6.18 Å². The maximum absolute atomic E-state index is 13.0. The number of unbranched alkanes of at least 4 members (excludes halogenated alkanes) is 7. The van der Waals surface area contributed by atoms with E-state index in [4.69, 9.17) is 5.73 Å². The molecule has 1 nitrogen and oxygen atoms in total. The molecule has 0 spiro atoms. The Bertz CT molecular complexity index is 679. The van der Waals surface area contributed by atoms with E-state index in [0.29, 0.717) is 5.39 Å². The number of hydrogen-bond acceptors (Lipinski definition) is 1. The largest absolute Gasteiger partial charge is 0.407 e. The summed E-state index contributed by atoms with van der Waals surface area (Å²) in [5, 5.41) is 1.43. The second-order valence-electron chi connectivity index (χ2n) is 7.15. The third-order valence-corrected chi connectivity index (χ3v) is 4.99. The first-order valence-corrected chi connectivity index (χ1v) is 9.77. The number of fused-ring (bicyclic) bond motifs is 1. The number of halogens is 3. The fourth-order valence-electron chi connectivity index (χ4n) is 3.42. The van der Waals surface area contributed by atoms with Crippen molar-refractivity contribution in [2.24, 2.45) is 5.73 Å². The van der Waals surface area contributed by atoms with E-state index in [2.05, 4.69) is 6.92 Å². The van der Waals surface area contributed by atoms with E-state index in [1.165, 1.54) is 56.6 Å². The van der Waals surface area contributed by atoms with Crippen molar-refractivity contribution in [1.82, 2.24) is 0 Å². The van der Waals surface area contributed by atoms with Gasteiger partial charge in [0.15, 0.2) is 0 Å². The van der Waals surface area contributed by atoms with Crippen molar-refractivity contribution >= 4 is 10.8 Å². The molecule has 0 saturated heterocycles. The Hall–Kier alpha value is -1.55. The molecule has 144 valence electrons. The van der Waals surface area contributed by atoms with Crippen molar-refractivity contribution < 1.29 is 13.2 Å². The second kappa shape index (κ2) is 9.96. The monoisotopic (exact) mass is 365 g/mol. The molecule has 2 aromatic carbocycles. The Morgan fingerprint density at radius 1 is 0.885 bits per heavy atom. The molecule has 0 heterocycles. The summed E-state index contributed by atoms with van der Waals surface area (Å²) in [6.45, 7) is 2.23. The van der Waals surface area contributed by atoms with Crippen molar-refractivity contribution in [2.45, 2.75) is 76.9 Å². The van der Waals surface area contributed by atoms with Crippen molar-refractivity contribution in [3.8, 4) is 0 Å². The van der Waals surface area contributed by atoms with Crippen LogP contribution < -0.4 is 5.73 Å². The van der Waals surface area contributed by atoms with Crippen LogP contribution >= 0.6 is 0 Å². The van der Waals surface area contributed by atoms with Gasteiger partial charge in [0.2, 0.25) is 0 Å². The van der Waals surface area contributed by atoms with Crippen molar-refractivity contribution in [2.75, 3.05) is 0 Å². The van der Waals surface area contributed by atoms with Crippen LogP contribution in [0, 0.1) is 0 Å². The molecule has 2 aromatic rings. The van der Waals surface area contributed by atoms with Gasteiger partial charge in [0.25, 0.3) is 0 Å². The molecule has 0 fully saturated rings. The minimum absolute atomic E-state index is 0.147. The Morgan fingerprint density at radius 3 is 2.19 bits per heavy atom. The Morgan fingerprint density at radius 2 is 1.54 bits per heavy atom. The van der Waals surface area contributed by atoms with E-state index in [-0.39, 0.29) is 5.56 Å². The van der Waals surface area contributed by atoms with E-state index in [1.807, 2.05) is 18.2 Å². The lowest BCUT2D eigenvalue weighted by molar-refractivity contribution is -0.148. The molecule has 2 rings (SSSR count). The van der Waals surface area contributed by atoms with Crippen LogP contribution in [0.1, 0.15) is 75.5 Å².